The number of carbonyl (C=O) groups excluding carboxylic acids is 1. The van der Waals surface area contributed by atoms with Gasteiger partial charge in [-0.1, -0.05) is 12.1 Å². The Morgan fingerprint density at radius 3 is 2.77 bits per heavy atom. The van der Waals surface area contributed by atoms with Crippen molar-refractivity contribution in [1.82, 2.24) is 49.8 Å². The van der Waals surface area contributed by atoms with Gasteiger partial charge in [0.1, 0.15) is 23.6 Å². The SMILES string of the molecule is CCCNc1nc(-n2cc(-c3cnccn3)nn2)nc2c1ncn2[C@@H]1OC(C(=O)NC)[C@@H](O)[C@H]1O. The number of aromatic nitrogens is 9. The molecule has 0 radical (unpaired) electrons. The van der Waals surface area contributed by atoms with Gasteiger partial charge in [0.05, 0.1) is 18.7 Å². The summed E-state index contributed by atoms with van der Waals surface area (Å²) in [6.07, 6.45) is 3.36. The lowest BCUT2D eigenvalue weighted by atomic mass is 10.1. The highest BCUT2D eigenvalue weighted by Crippen LogP contribution is 2.33. The zero-order valence-electron chi connectivity index (χ0n) is 18.8. The second-order valence-corrected chi connectivity index (χ2v) is 7.80. The van der Waals surface area contributed by atoms with Crippen LogP contribution in [-0.2, 0) is 9.53 Å². The van der Waals surface area contributed by atoms with E-state index in [1.165, 1.54) is 22.6 Å². The van der Waals surface area contributed by atoms with Gasteiger partial charge < -0.3 is 25.6 Å². The summed E-state index contributed by atoms with van der Waals surface area (Å²) in [5.41, 5.74) is 1.74. The van der Waals surface area contributed by atoms with E-state index in [9.17, 15) is 15.0 Å². The van der Waals surface area contributed by atoms with Crippen LogP contribution < -0.4 is 10.6 Å². The Kier molecular flexibility index (Phi) is 6.02. The molecule has 5 heterocycles. The molecule has 0 bridgehead atoms. The molecule has 182 valence electrons. The highest BCUT2D eigenvalue weighted by Gasteiger charge is 2.47. The number of nitrogens with zero attached hydrogens (tertiary/aromatic N) is 9. The second kappa shape index (κ2) is 9.28. The number of nitrogens with one attached hydrogen (secondary N) is 2. The van der Waals surface area contributed by atoms with Gasteiger partial charge in [0.15, 0.2) is 29.3 Å². The first-order valence-electron chi connectivity index (χ1n) is 10.9. The molecule has 0 saturated carbocycles. The summed E-state index contributed by atoms with van der Waals surface area (Å²) >= 11 is 0. The minimum absolute atomic E-state index is 0.177. The predicted molar refractivity (Wildman–Crippen MR) is 120 cm³/mol. The van der Waals surface area contributed by atoms with Crippen molar-refractivity contribution >= 4 is 22.9 Å². The number of anilines is 1. The maximum atomic E-state index is 12.1. The summed E-state index contributed by atoms with van der Waals surface area (Å²) in [7, 11) is 1.42. The molecule has 1 aliphatic heterocycles. The number of fused-ring (bicyclic) bond motifs is 1. The van der Waals surface area contributed by atoms with E-state index in [0.29, 0.717) is 34.9 Å². The smallest absolute Gasteiger partial charge is 0.256 e. The van der Waals surface area contributed by atoms with Crippen molar-refractivity contribution in [2.45, 2.75) is 37.9 Å². The molecule has 1 amide bonds. The molecule has 0 spiro atoms. The Balaban J connectivity index is 1.58. The maximum Gasteiger partial charge on any atom is 0.256 e. The number of aliphatic hydroxyl groups excluding tert-OH is 2. The number of imidazole rings is 1. The molecule has 1 aliphatic rings. The first-order chi connectivity index (χ1) is 17.0. The molecule has 4 aromatic heterocycles. The number of ether oxygens (including phenoxy) is 1. The summed E-state index contributed by atoms with van der Waals surface area (Å²) in [6, 6.07) is 0. The van der Waals surface area contributed by atoms with Crippen LogP contribution in [0.3, 0.4) is 0 Å². The van der Waals surface area contributed by atoms with E-state index in [0.717, 1.165) is 6.42 Å². The fraction of sp³-hybridized carbons (Fsp3) is 0.400. The Hall–Kier alpha value is -4.08. The van der Waals surface area contributed by atoms with Crippen LogP contribution in [0.25, 0.3) is 28.5 Å². The number of hydrogen-bond donors (Lipinski definition) is 4. The summed E-state index contributed by atoms with van der Waals surface area (Å²) in [5, 5.41) is 34.9. The molecule has 15 heteroatoms. The van der Waals surface area contributed by atoms with Crippen molar-refractivity contribution in [2.24, 2.45) is 0 Å². The molecule has 5 rings (SSSR count). The summed E-state index contributed by atoms with van der Waals surface area (Å²) < 4.78 is 8.53. The van der Waals surface area contributed by atoms with Gasteiger partial charge in [-0.05, 0) is 6.42 Å². The molecule has 1 unspecified atom stereocenters. The van der Waals surface area contributed by atoms with Gasteiger partial charge in [0, 0.05) is 26.0 Å². The third-order valence-corrected chi connectivity index (χ3v) is 5.49. The largest absolute Gasteiger partial charge is 0.387 e. The normalized spacial score (nSPS) is 21.9. The zero-order valence-corrected chi connectivity index (χ0v) is 18.8. The lowest BCUT2D eigenvalue weighted by Gasteiger charge is -2.17. The Morgan fingerprint density at radius 1 is 1.17 bits per heavy atom. The molecule has 15 nitrogen and oxygen atoms in total. The average Bonchev–Trinajstić information content (AvgIpc) is 3.61. The molecular weight excluding hydrogens is 458 g/mol. The van der Waals surface area contributed by atoms with Crippen LogP contribution in [0.2, 0.25) is 0 Å². The topological polar surface area (TPSA) is 191 Å². The first kappa shape index (κ1) is 22.7. The van der Waals surface area contributed by atoms with Crippen LogP contribution in [0.15, 0.2) is 31.1 Å². The fourth-order valence-corrected chi connectivity index (χ4v) is 3.72. The number of amides is 1. The van der Waals surface area contributed by atoms with Crippen molar-refractivity contribution in [2.75, 3.05) is 18.9 Å². The lowest BCUT2D eigenvalue weighted by Crippen LogP contribution is -2.41. The van der Waals surface area contributed by atoms with Crippen LogP contribution in [0, 0.1) is 0 Å². The molecule has 4 aromatic rings. The predicted octanol–water partition coefficient (Wildman–Crippen LogP) is -0.949. The molecule has 1 fully saturated rings. The summed E-state index contributed by atoms with van der Waals surface area (Å²) in [6.45, 7) is 2.64. The molecule has 4 atom stereocenters. The molecule has 4 N–H and O–H groups in total. The van der Waals surface area contributed by atoms with E-state index in [1.807, 2.05) is 6.92 Å². The minimum Gasteiger partial charge on any atom is -0.387 e. The number of aliphatic hydroxyl groups is 2. The molecule has 0 aromatic carbocycles. The van der Waals surface area contributed by atoms with Gasteiger partial charge in [-0.15, -0.1) is 5.10 Å². The first-order valence-corrected chi connectivity index (χ1v) is 10.9. The third kappa shape index (κ3) is 4.05. The van der Waals surface area contributed by atoms with Crippen LogP contribution in [0.5, 0.6) is 0 Å². The Morgan fingerprint density at radius 2 is 2.03 bits per heavy atom. The van der Waals surface area contributed by atoms with Gasteiger partial charge in [-0.25, -0.2) is 4.98 Å². The number of likely N-dealkylation sites (N-methyl/N-ethyl adjacent to an activating group) is 1. The Labute approximate surface area is 198 Å². The highest BCUT2D eigenvalue weighted by molar-refractivity contribution is 5.84. The number of rotatable bonds is 7. The lowest BCUT2D eigenvalue weighted by molar-refractivity contribution is -0.137. The van der Waals surface area contributed by atoms with E-state index < -0.39 is 30.4 Å². The van der Waals surface area contributed by atoms with Crippen LogP contribution in [0.1, 0.15) is 19.6 Å². The van der Waals surface area contributed by atoms with Gasteiger partial charge in [-0.3, -0.25) is 19.3 Å². The van der Waals surface area contributed by atoms with Crippen molar-refractivity contribution in [1.29, 1.82) is 0 Å². The van der Waals surface area contributed by atoms with Crippen LogP contribution in [-0.4, -0.2) is 92.5 Å². The van der Waals surface area contributed by atoms with E-state index in [1.54, 1.807) is 24.8 Å². The van der Waals surface area contributed by atoms with Gasteiger partial charge in [0.25, 0.3) is 11.9 Å². The van der Waals surface area contributed by atoms with E-state index in [2.05, 4.69) is 45.9 Å². The monoisotopic (exact) mass is 481 g/mol. The highest BCUT2D eigenvalue weighted by atomic mass is 16.6. The van der Waals surface area contributed by atoms with E-state index in [-0.39, 0.29) is 5.95 Å². The summed E-state index contributed by atoms with van der Waals surface area (Å²) in [4.78, 5) is 33.9. The summed E-state index contributed by atoms with van der Waals surface area (Å²) in [5.74, 6) is 0.0673. The fourth-order valence-electron chi connectivity index (χ4n) is 3.72. The van der Waals surface area contributed by atoms with E-state index >= 15 is 0 Å². The van der Waals surface area contributed by atoms with Gasteiger partial charge in [0.2, 0.25) is 0 Å². The van der Waals surface area contributed by atoms with Crippen LogP contribution >= 0.6 is 0 Å². The Bertz CT molecular complexity index is 1340. The maximum absolute atomic E-state index is 12.1. The van der Waals surface area contributed by atoms with Crippen LogP contribution in [0.4, 0.5) is 5.82 Å². The molecular formula is C20H23N11O4. The molecule has 0 aliphatic carbocycles. The minimum atomic E-state index is -1.43. The standard InChI is InChI=1S/C20H23N11O4/c1-3-4-24-16-12-17(30(9-25-12)19-14(33)13(32)15(35-19)18(34)21-2)27-20(26-16)31-8-11(28-29-31)10-7-22-5-6-23-10/h5-9,13-15,19,32-33H,3-4H2,1-2H3,(H,21,34)(H,24,26,27)/t13-,14+,15?,19+/m0/s1. The molecule has 1 saturated heterocycles. The van der Waals surface area contributed by atoms with E-state index in [4.69, 9.17) is 4.74 Å². The second-order valence-electron chi connectivity index (χ2n) is 7.80. The van der Waals surface area contributed by atoms with Gasteiger partial charge >= 0.3 is 0 Å². The third-order valence-electron chi connectivity index (χ3n) is 5.49. The zero-order chi connectivity index (χ0) is 24.5. The average molecular weight is 481 g/mol. The quantitative estimate of drug-likeness (QED) is 0.253. The molecule has 35 heavy (non-hydrogen) atoms. The van der Waals surface area contributed by atoms with Crippen molar-refractivity contribution in [3.8, 4) is 17.3 Å². The van der Waals surface area contributed by atoms with Crippen molar-refractivity contribution in [3.05, 3.63) is 31.1 Å². The van der Waals surface area contributed by atoms with Gasteiger partial charge in [-0.2, -0.15) is 14.6 Å². The van der Waals surface area contributed by atoms with Crippen molar-refractivity contribution in [3.63, 3.8) is 0 Å². The van der Waals surface area contributed by atoms with Crippen molar-refractivity contribution < 1.29 is 19.7 Å². The number of carbonyl (C=O) groups is 1. The number of hydrogen-bond acceptors (Lipinski definition) is 12.